The number of hydrogen-bond acceptors (Lipinski definition) is 2. The van der Waals surface area contributed by atoms with Gasteiger partial charge in [-0.1, -0.05) is 164 Å². The summed E-state index contributed by atoms with van der Waals surface area (Å²) in [5.41, 5.74) is 18.5. The maximum Gasteiger partial charge on any atom is 0.0726 e. The SMILES string of the molecule is c1ccc(-c2ccc(N(c3ccc(-c4ccc5c(c4)sc4ccccc45)cc3)c3ccc4c(c3)C3(c5ccccc5-c5ccccc53)c3ccccc3-4)cc2)cc1. The van der Waals surface area contributed by atoms with Crippen LogP contribution in [0.4, 0.5) is 17.1 Å². The van der Waals surface area contributed by atoms with Gasteiger partial charge in [0.05, 0.1) is 5.41 Å². The highest BCUT2D eigenvalue weighted by Gasteiger charge is 2.51. The molecule has 9 aromatic carbocycles. The molecule has 0 N–H and O–H groups in total. The Morgan fingerprint density at radius 1 is 0.298 bits per heavy atom. The molecule has 1 nitrogen and oxygen atoms in total. The van der Waals surface area contributed by atoms with Crippen LogP contribution in [0.25, 0.3) is 64.7 Å². The summed E-state index contributed by atoms with van der Waals surface area (Å²) in [5, 5.41) is 2.65. The molecule has 0 atom stereocenters. The van der Waals surface area contributed by atoms with Gasteiger partial charge >= 0.3 is 0 Å². The second-order valence-corrected chi connectivity index (χ2v) is 16.3. The van der Waals surface area contributed by atoms with Crippen molar-refractivity contribution in [1.82, 2.24) is 0 Å². The highest BCUT2D eigenvalue weighted by Crippen LogP contribution is 2.63. The van der Waals surface area contributed by atoms with Crippen LogP contribution in [0, 0.1) is 0 Å². The number of thiophene rings is 1. The first-order valence-electron chi connectivity index (χ1n) is 19.7. The van der Waals surface area contributed by atoms with Crippen molar-refractivity contribution in [3.63, 3.8) is 0 Å². The lowest BCUT2D eigenvalue weighted by molar-refractivity contribution is 0.793. The van der Waals surface area contributed by atoms with Crippen LogP contribution in [0.2, 0.25) is 0 Å². The molecule has 0 saturated carbocycles. The van der Waals surface area contributed by atoms with Crippen LogP contribution in [0.1, 0.15) is 22.3 Å². The molecule has 0 amide bonds. The zero-order valence-corrected chi connectivity index (χ0v) is 31.9. The van der Waals surface area contributed by atoms with Crippen LogP contribution < -0.4 is 4.90 Å². The number of fused-ring (bicyclic) bond motifs is 13. The predicted octanol–water partition coefficient (Wildman–Crippen LogP) is 15.2. The van der Waals surface area contributed by atoms with Gasteiger partial charge in [-0.15, -0.1) is 11.3 Å². The van der Waals surface area contributed by atoms with Gasteiger partial charge in [0.15, 0.2) is 0 Å². The largest absolute Gasteiger partial charge is 0.310 e. The second kappa shape index (κ2) is 12.5. The van der Waals surface area contributed by atoms with Crippen LogP contribution >= 0.6 is 11.3 Å². The van der Waals surface area contributed by atoms with Crippen LogP contribution in [0.3, 0.4) is 0 Å². The molecule has 266 valence electrons. The van der Waals surface area contributed by atoms with E-state index in [1.165, 1.54) is 86.9 Å². The molecule has 2 heteroatoms. The zero-order chi connectivity index (χ0) is 37.5. The van der Waals surface area contributed by atoms with Gasteiger partial charge in [-0.2, -0.15) is 0 Å². The Bertz CT molecular complexity index is 3110. The number of anilines is 3. The van der Waals surface area contributed by atoms with Crippen LogP contribution in [-0.4, -0.2) is 0 Å². The normalized spacial score (nSPS) is 13.1. The smallest absolute Gasteiger partial charge is 0.0726 e. The molecule has 0 saturated heterocycles. The summed E-state index contributed by atoms with van der Waals surface area (Å²) in [5.74, 6) is 0. The van der Waals surface area contributed by atoms with E-state index in [9.17, 15) is 0 Å². The molecule has 57 heavy (non-hydrogen) atoms. The average molecular weight is 742 g/mol. The van der Waals surface area contributed by atoms with Crippen molar-refractivity contribution in [3.05, 3.63) is 235 Å². The Morgan fingerprint density at radius 2 is 0.754 bits per heavy atom. The lowest BCUT2D eigenvalue weighted by Gasteiger charge is -2.32. The summed E-state index contributed by atoms with van der Waals surface area (Å²) in [4.78, 5) is 2.43. The second-order valence-electron chi connectivity index (χ2n) is 15.2. The molecular formula is C55H35NS. The van der Waals surface area contributed by atoms with Crippen LogP contribution in [0.5, 0.6) is 0 Å². The van der Waals surface area contributed by atoms with Gasteiger partial charge in [0, 0.05) is 37.2 Å². The van der Waals surface area contributed by atoms with Crippen molar-refractivity contribution >= 4 is 48.6 Å². The number of hydrogen-bond donors (Lipinski definition) is 0. The van der Waals surface area contributed by atoms with E-state index in [4.69, 9.17) is 0 Å². The third-order valence-corrected chi connectivity index (χ3v) is 13.4. The van der Waals surface area contributed by atoms with Crippen molar-refractivity contribution in [2.45, 2.75) is 5.41 Å². The zero-order valence-electron chi connectivity index (χ0n) is 31.1. The maximum atomic E-state index is 2.47. The van der Waals surface area contributed by atoms with Crippen LogP contribution in [0.15, 0.2) is 212 Å². The van der Waals surface area contributed by atoms with E-state index < -0.39 is 5.41 Å². The lowest BCUT2D eigenvalue weighted by Crippen LogP contribution is -2.26. The molecule has 0 aliphatic heterocycles. The van der Waals surface area contributed by atoms with Gasteiger partial charge < -0.3 is 4.90 Å². The summed E-state index contributed by atoms with van der Waals surface area (Å²) >= 11 is 1.87. The summed E-state index contributed by atoms with van der Waals surface area (Å²) < 4.78 is 2.65. The number of benzene rings is 9. The molecule has 0 radical (unpaired) electrons. The topological polar surface area (TPSA) is 3.24 Å². The van der Waals surface area contributed by atoms with Gasteiger partial charge in [0.1, 0.15) is 0 Å². The number of nitrogens with zero attached hydrogens (tertiary/aromatic N) is 1. The Labute approximate surface area is 336 Å². The van der Waals surface area contributed by atoms with Gasteiger partial charge in [0.2, 0.25) is 0 Å². The average Bonchev–Trinajstić information content (AvgIpc) is 3.91. The van der Waals surface area contributed by atoms with E-state index in [2.05, 4.69) is 217 Å². The van der Waals surface area contributed by atoms with E-state index >= 15 is 0 Å². The standard InChI is InChI=1S/C55H35NS/c1-2-12-36(13-3-1)37-22-27-40(28-23-37)56(41-29-24-38(25-30-41)39-26-32-48-47-17-7-11-21-53(47)57-54(48)34-39)42-31-33-46-45-16-6-10-20-51(45)55(52(46)35-42)49-18-8-4-14-43(49)44-15-5-9-19-50(44)55/h1-35H. The Balaban J connectivity index is 1.03. The fraction of sp³-hybridized carbons (Fsp3) is 0.0182. The molecule has 2 aliphatic rings. The first-order valence-corrected chi connectivity index (χ1v) is 20.5. The minimum absolute atomic E-state index is 0.410. The maximum absolute atomic E-state index is 2.47. The van der Waals surface area contributed by atoms with Gasteiger partial charge in [0.25, 0.3) is 0 Å². The fourth-order valence-corrected chi connectivity index (χ4v) is 11.0. The summed E-state index contributed by atoms with van der Waals surface area (Å²) in [7, 11) is 0. The third kappa shape index (κ3) is 4.75. The Kier molecular flexibility index (Phi) is 7.08. The van der Waals surface area contributed by atoms with Crippen molar-refractivity contribution in [2.75, 3.05) is 4.90 Å². The van der Waals surface area contributed by atoms with Crippen molar-refractivity contribution < 1.29 is 0 Å². The van der Waals surface area contributed by atoms with Gasteiger partial charge in [-0.05, 0) is 115 Å². The first-order chi connectivity index (χ1) is 28.3. The van der Waals surface area contributed by atoms with E-state index in [1.54, 1.807) is 0 Å². The van der Waals surface area contributed by atoms with Crippen molar-refractivity contribution in [2.24, 2.45) is 0 Å². The molecule has 10 aromatic rings. The Morgan fingerprint density at radius 3 is 1.39 bits per heavy atom. The minimum atomic E-state index is -0.410. The van der Waals surface area contributed by atoms with E-state index in [1.807, 2.05) is 11.3 Å². The highest BCUT2D eigenvalue weighted by atomic mass is 32.1. The lowest BCUT2D eigenvalue weighted by atomic mass is 9.70. The number of rotatable bonds is 5. The third-order valence-electron chi connectivity index (χ3n) is 12.3. The molecule has 1 spiro atoms. The fourth-order valence-electron chi connectivity index (χ4n) is 9.81. The molecule has 0 bridgehead atoms. The van der Waals surface area contributed by atoms with Crippen LogP contribution in [-0.2, 0) is 5.41 Å². The van der Waals surface area contributed by atoms with Crippen molar-refractivity contribution in [1.29, 1.82) is 0 Å². The molecule has 12 rings (SSSR count). The molecular weight excluding hydrogens is 707 g/mol. The molecule has 0 fully saturated rings. The minimum Gasteiger partial charge on any atom is -0.310 e. The van der Waals surface area contributed by atoms with E-state index in [0.29, 0.717) is 0 Å². The molecule has 1 aromatic heterocycles. The van der Waals surface area contributed by atoms with Gasteiger partial charge in [-0.25, -0.2) is 0 Å². The van der Waals surface area contributed by atoms with Crippen molar-refractivity contribution in [3.8, 4) is 44.5 Å². The predicted molar refractivity (Wildman–Crippen MR) is 241 cm³/mol. The van der Waals surface area contributed by atoms with E-state index in [0.717, 1.165) is 17.1 Å². The van der Waals surface area contributed by atoms with E-state index in [-0.39, 0.29) is 0 Å². The van der Waals surface area contributed by atoms with Gasteiger partial charge in [-0.3, -0.25) is 0 Å². The monoisotopic (exact) mass is 741 g/mol. The quantitative estimate of drug-likeness (QED) is 0.170. The molecule has 0 unspecified atom stereocenters. The summed E-state index contributed by atoms with van der Waals surface area (Å²) in [6.45, 7) is 0. The Hall–Kier alpha value is -7.00. The highest BCUT2D eigenvalue weighted by molar-refractivity contribution is 7.25. The first kappa shape index (κ1) is 32.3. The summed E-state index contributed by atoms with van der Waals surface area (Å²) in [6, 6.07) is 78.7. The molecule has 1 heterocycles. The molecule has 2 aliphatic carbocycles. The summed E-state index contributed by atoms with van der Waals surface area (Å²) in [6.07, 6.45) is 0.